The first kappa shape index (κ1) is 29.3. The lowest BCUT2D eigenvalue weighted by molar-refractivity contribution is -0.115. The van der Waals surface area contributed by atoms with E-state index in [0.717, 1.165) is 28.8 Å². The monoisotopic (exact) mass is 590 g/mol. The van der Waals surface area contributed by atoms with E-state index >= 15 is 0 Å². The van der Waals surface area contributed by atoms with Gasteiger partial charge >= 0.3 is 0 Å². The number of nitrogens with one attached hydrogen (secondary N) is 4. The number of aromatic amines is 2. The van der Waals surface area contributed by atoms with Gasteiger partial charge in [-0.25, -0.2) is 0 Å². The number of anilines is 2. The van der Waals surface area contributed by atoms with E-state index in [-0.39, 0.29) is 35.1 Å². The fourth-order valence-electron chi connectivity index (χ4n) is 4.07. The molecule has 4 N–H and O–H groups in total. The maximum absolute atomic E-state index is 12.0. The highest BCUT2D eigenvalue weighted by molar-refractivity contribution is 6.35. The molecule has 6 rings (SSSR count). The van der Waals surface area contributed by atoms with E-state index in [2.05, 4.69) is 20.6 Å². The largest absolute Gasteiger partial charge is 0.362 e. The number of benzene rings is 2. The molecular weight excluding hydrogens is 567 g/mol. The summed E-state index contributed by atoms with van der Waals surface area (Å²) in [4.78, 5) is 61.5. The first-order chi connectivity index (χ1) is 19.8. The van der Waals surface area contributed by atoms with Gasteiger partial charge < -0.3 is 20.6 Å². The van der Waals surface area contributed by atoms with Gasteiger partial charge in [-0.15, -0.1) is 23.2 Å². The van der Waals surface area contributed by atoms with Crippen molar-refractivity contribution in [2.45, 2.75) is 6.42 Å². The lowest BCUT2D eigenvalue weighted by atomic mass is 10.0. The molecule has 0 unspecified atom stereocenters. The van der Waals surface area contributed by atoms with Crippen molar-refractivity contribution < 1.29 is 24.0 Å². The standard InChI is InChI=1S/C15H11ClN2O2.C10H8ClNO2.C5H5NO/c16-8-14(19)9-3-4-13-11(6-9)12(15(20)18-13)7-10-2-1-5-17-10;11-5-9(13)6-1-2-8-7(3-6)4-10(14)12-8;7-4-5-2-1-3-6-5/h1-7,17H,8H2,(H,18,20);1-3H,4-5H2,(H,12,14);1-4,6H/b12-7-;;. The van der Waals surface area contributed by atoms with Crippen molar-refractivity contribution in [3.8, 4) is 0 Å². The smallest absolute Gasteiger partial charge is 0.256 e. The van der Waals surface area contributed by atoms with Crippen LogP contribution in [-0.2, 0) is 16.0 Å². The molecule has 11 heteroatoms. The number of Topliss-reactive ketones (excluding diaryl/α,β-unsaturated/α-hetero) is 2. The molecule has 0 fully saturated rings. The predicted octanol–water partition coefficient (Wildman–Crippen LogP) is 5.36. The van der Waals surface area contributed by atoms with E-state index in [4.69, 9.17) is 23.2 Å². The molecule has 0 bridgehead atoms. The topological polar surface area (TPSA) is 141 Å². The van der Waals surface area contributed by atoms with Gasteiger partial charge in [0.2, 0.25) is 5.91 Å². The fourth-order valence-corrected chi connectivity index (χ4v) is 4.38. The number of hydrogen-bond acceptors (Lipinski definition) is 5. The van der Waals surface area contributed by atoms with Gasteiger partial charge in [0.15, 0.2) is 17.9 Å². The molecule has 0 atom stereocenters. The third-order valence-electron chi connectivity index (χ3n) is 6.09. The third-order valence-corrected chi connectivity index (χ3v) is 6.58. The number of amides is 2. The minimum absolute atomic E-state index is 0.0276. The zero-order chi connectivity index (χ0) is 29.4. The molecule has 2 aliphatic heterocycles. The molecule has 4 aromatic rings. The highest BCUT2D eigenvalue weighted by Crippen LogP contribution is 2.33. The van der Waals surface area contributed by atoms with Gasteiger partial charge in [0.05, 0.1) is 29.4 Å². The molecule has 0 saturated carbocycles. The molecule has 0 saturated heterocycles. The summed E-state index contributed by atoms with van der Waals surface area (Å²) in [5, 5.41) is 5.48. The number of rotatable bonds is 6. The van der Waals surface area contributed by atoms with Gasteiger partial charge in [-0.05, 0) is 72.3 Å². The molecule has 0 spiro atoms. The molecule has 0 radical (unpaired) electrons. The van der Waals surface area contributed by atoms with Crippen LogP contribution in [0.4, 0.5) is 11.4 Å². The van der Waals surface area contributed by atoms with Crippen molar-refractivity contribution in [3.63, 3.8) is 0 Å². The Morgan fingerprint density at radius 3 is 1.95 bits per heavy atom. The van der Waals surface area contributed by atoms with Gasteiger partial charge in [-0.1, -0.05) is 0 Å². The normalized spacial score (nSPS) is 13.6. The van der Waals surface area contributed by atoms with E-state index in [1.807, 2.05) is 12.1 Å². The summed E-state index contributed by atoms with van der Waals surface area (Å²) < 4.78 is 0. The summed E-state index contributed by atoms with van der Waals surface area (Å²) in [6.45, 7) is 0. The van der Waals surface area contributed by atoms with E-state index in [1.165, 1.54) is 0 Å². The first-order valence-corrected chi connectivity index (χ1v) is 13.4. The van der Waals surface area contributed by atoms with Gasteiger partial charge in [-0.2, -0.15) is 0 Å². The Morgan fingerprint density at radius 1 is 0.780 bits per heavy atom. The van der Waals surface area contributed by atoms with E-state index < -0.39 is 0 Å². The quantitative estimate of drug-likeness (QED) is 0.103. The Labute approximate surface area is 244 Å². The van der Waals surface area contributed by atoms with Crippen LogP contribution < -0.4 is 10.6 Å². The summed E-state index contributed by atoms with van der Waals surface area (Å²) in [7, 11) is 0. The zero-order valence-corrected chi connectivity index (χ0v) is 23.0. The average molecular weight is 591 g/mol. The number of carbonyl (C=O) groups is 5. The highest BCUT2D eigenvalue weighted by Gasteiger charge is 2.25. The number of H-pyrrole nitrogens is 2. The molecule has 41 heavy (non-hydrogen) atoms. The average Bonchev–Trinajstić information content (AvgIpc) is 3.80. The second-order valence-electron chi connectivity index (χ2n) is 8.85. The number of aldehydes is 1. The SMILES string of the molecule is O=C1Cc2cc(C(=O)CCl)ccc2N1.O=C1Nc2ccc(C(=O)CCl)cc2/C1=C/c1ccc[nH]1.O=Cc1ccc[nH]1. The van der Waals surface area contributed by atoms with Crippen LogP contribution >= 0.6 is 23.2 Å². The van der Waals surface area contributed by atoms with E-state index in [1.54, 1.807) is 67.0 Å². The Kier molecular flexibility index (Phi) is 9.68. The Morgan fingerprint density at radius 2 is 1.39 bits per heavy atom. The Balaban J connectivity index is 0.000000159. The molecular formula is C30H24Cl2N4O5. The van der Waals surface area contributed by atoms with Gasteiger partial charge in [0.1, 0.15) is 0 Å². The second kappa shape index (κ2) is 13.6. The third kappa shape index (κ3) is 7.27. The van der Waals surface area contributed by atoms with Crippen molar-refractivity contribution in [2.75, 3.05) is 22.4 Å². The maximum atomic E-state index is 12.0. The summed E-state index contributed by atoms with van der Waals surface area (Å²) in [5.74, 6) is -0.585. The zero-order valence-electron chi connectivity index (χ0n) is 21.5. The lowest BCUT2D eigenvalue weighted by Gasteiger charge is -2.02. The van der Waals surface area contributed by atoms with Crippen LogP contribution in [0.2, 0.25) is 0 Å². The number of hydrogen-bond donors (Lipinski definition) is 4. The molecule has 2 aromatic carbocycles. The highest BCUT2D eigenvalue weighted by atomic mass is 35.5. The van der Waals surface area contributed by atoms with Crippen LogP contribution in [0.15, 0.2) is 73.1 Å². The fraction of sp³-hybridized carbons (Fsp3) is 0.100. The van der Waals surface area contributed by atoms with Crippen molar-refractivity contribution in [1.29, 1.82) is 0 Å². The number of ketones is 2. The van der Waals surface area contributed by atoms with Gasteiger partial charge in [-0.3, -0.25) is 24.0 Å². The maximum Gasteiger partial charge on any atom is 0.256 e. The van der Waals surface area contributed by atoms with Crippen LogP contribution in [0.5, 0.6) is 0 Å². The van der Waals surface area contributed by atoms with Gasteiger partial charge in [0.25, 0.3) is 5.91 Å². The van der Waals surface area contributed by atoms with Crippen molar-refractivity contribution in [2.24, 2.45) is 0 Å². The predicted molar refractivity (Wildman–Crippen MR) is 159 cm³/mol. The minimum Gasteiger partial charge on any atom is -0.362 e. The van der Waals surface area contributed by atoms with Crippen LogP contribution in [0.3, 0.4) is 0 Å². The van der Waals surface area contributed by atoms with Crippen molar-refractivity contribution in [1.82, 2.24) is 9.97 Å². The molecule has 2 aliphatic rings. The van der Waals surface area contributed by atoms with Crippen molar-refractivity contribution in [3.05, 3.63) is 107 Å². The van der Waals surface area contributed by atoms with Crippen LogP contribution in [0.1, 0.15) is 48.0 Å². The molecule has 2 aromatic heterocycles. The van der Waals surface area contributed by atoms with Gasteiger partial charge in [0, 0.05) is 46.2 Å². The minimum atomic E-state index is -0.176. The number of fused-ring (bicyclic) bond motifs is 2. The van der Waals surface area contributed by atoms with Crippen LogP contribution in [0.25, 0.3) is 11.6 Å². The molecule has 9 nitrogen and oxygen atoms in total. The number of halogens is 2. The Bertz CT molecular complexity index is 1630. The summed E-state index contributed by atoms with van der Waals surface area (Å²) in [6, 6.07) is 17.4. The van der Waals surface area contributed by atoms with Crippen molar-refractivity contribution >= 4 is 75.9 Å². The molecule has 208 valence electrons. The second-order valence-corrected chi connectivity index (χ2v) is 9.39. The first-order valence-electron chi connectivity index (χ1n) is 12.3. The summed E-state index contributed by atoms with van der Waals surface area (Å²) >= 11 is 11.0. The Hall–Kier alpha value is -4.73. The van der Waals surface area contributed by atoms with Crippen LogP contribution in [-0.4, -0.2) is 51.4 Å². The van der Waals surface area contributed by atoms with E-state index in [9.17, 15) is 24.0 Å². The van der Waals surface area contributed by atoms with E-state index in [0.29, 0.717) is 34.5 Å². The molecule has 4 heterocycles. The lowest BCUT2D eigenvalue weighted by Crippen LogP contribution is -2.03. The summed E-state index contributed by atoms with van der Waals surface area (Å²) in [6.07, 6.45) is 6.38. The molecule has 2 amide bonds. The number of aromatic nitrogens is 2. The number of carbonyl (C=O) groups excluding carboxylic acids is 5. The number of alkyl halides is 2. The molecule has 0 aliphatic carbocycles. The van der Waals surface area contributed by atoms with Crippen LogP contribution in [0, 0.1) is 0 Å². The summed E-state index contributed by atoms with van der Waals surface area (Å²) in [5.41, 5.74) is 6.15.